The van der Waals surface area contributed by atoms with Crippen molar-refractivity contribution in [2.24, 2.45) is 0 Å². The Labute approximate surface area is 129 Å². The van der Waals surface area contributed by atoms with E-state index in [0.29, 0.717) is 6.79 Å². The van der Waals surface area contributed by atoms with Gasteiger partial charge in [0.15, 0.2) is 11.5 Å². The zero-order valence-electron chi connectivity index (χ0n) is 12.4. The van der Waals surface area contributed by atoms with E-state index in [2.05, 4.69) is 35.2 Å². The van der Waals surface area contributed by atoms with Gasteiger partial charge in [-0.15, -0.1) is 0 Å². The Bertz CT molecular complexity index is 678. The summed E-state index contributed by atoms with van der Waals surface area (Å²) in [6.07, 6.45) is 1.54. The van der Waals surface area contributed by atoms with Gasteiger partial charge in [0.1, 0.15) is 0 Å². The van der Waals surface area contributed by atoms with Gasteiger partial charge in [-0.2, -0.15) is 0 Å². The summed E-state index contributed by atoms with van der Waals surface area (Å²) in [4.78, 5) is 2.34. The number of anilines is 1. The first kappa shape index (κ1) is 13.5. The zero-order valence-corrected chi connectivity index (χ0v) is 12.4. The quantitative estimate of drug-likeness (QED) is 0.925. The van der Waals surface area contributed by atoms with Gasteiger partial charge in [0.2, 0.25) is 6.79 Å². The smallest absolute Gasteiger partial charge is 0.231 e. The van der Waals surface area contributed by atoms with Gasteiger partial charge < -0.3 is 19.5 Å². The maximum absolute atomic E-state index is 9.64. The third-order valence-electron chi connectivity index (χ3n) is 4.38. The van der Waals surface area contributed by atoms with Crippen LogP contribution in [0.25, 0.3) is 11.1 Å². The highest BCUT2D eigenvalue weighted by molar-refractivity contribution is 5.71. The fraction of sp³-hybridized carbons (Fsp3) is 0.333. The van der Waals surface area contributed by atoms with E-state index in [1.807, 2.05) is 12.1 Å². The Kier molecular flexibility index (Phi) is 3.39. The van der Waals surface area contributed by atoms with E-state index in [9.17, 15) is 5.11 Å². The van der Waals surface area contributed by atoms with E-state index in [1.54, 1.807) is 0 Å². The highest BCUT2D eigenvalue weighted by atomic mass is 16.7. The molecule has 0 unspecified atom stereocenters. The summed E-state index contributed by atoms with van der Waals surface area (Å²) in [6.45, 7) is 2.12. The maximum atomic E-state index is 9.64. The molecular formula is C18H19NO3. The average molecular weight is 297 g/mol. The number of fused-ring (bicyclic) bond motifs is 1. The Morgan fingerprint density at radius 3 is 2.55 bits per heavy atom. The summed E-state index contributed by atoms with van der Waals surface area (Å²) < 4.78 is 10.8. The van der Waals surface area contributed by atoms with E-state index in [-0.39, 0.29) is 6.10 Å². The van der Waals surface area contributed by atoms with Crippen LogP contribution in [0.4, 0.5) is 5.69 Å². The third kappa shape index (κ3) is 2.50. The van der Waals surface area contributed by atoms with Gasteiger partial charge >= 0.3 is 0 Å². The molecule has 2 aromatic carbocycles. The van der Waals surface area contributed by atoms with Gasteiger partial charge in [-0.1, -0.05) is 18.2 Å². The molecule has 0 aromatic heterocycles. The lowest BCUT2D eigenvalue weighted by Crippen LogP contribution is -2.35. The number of nitrogens with zero attached hydrogens (tertiary/aromatic N) is 1. The van der Waals surface area contributed by atoms with E-state index in [4.69, 9.17) is 9.47 Å². The van der Waals surface area contributed by atoms with Crippen LogP contribution in [0.2, 0.25) is 0 Å². The maximum Gasteiger partial charge on any atom is 0.231 e. The minimum Gasteiger partial charge on any atom is -0.454 e. The summed E-state index contributed by atoms with van der Waals surface area (Å²) in [5.41, 5.74) is 3.51. The van der Waals surface area contributed by atoms with Crippen LogP contribution in [-0.4, -0.2) is 31.1 Å². The number of aliphatic hydroxyl groups excluding tert-OH is 1. The second-order valence-electron chi connectivity index (χ2n) is 5.84. The van der Waals surface area contributed by atoms with E-state index < -0.39 is 0 Å². The van der Waals surface area contributed by atoms with Gasteiger partial charge in [-0.05, 0) is 48.2 Å². The number of piperidine rings is 1. The number of hydrogen-bond acceptors (Lipinski definition) is 4. The van der Waals surface area contributed by atoms with Crippen LogP contribution < -0.4 is 14.4 Å². The predicted octanol–water partition coefficient (Wildman–Crippen LogP) is 3.04. The van der Waals surface area contributed by atoms with Gasteiger partial charge in [0.05, 0.1) is 6.10 Å². The van der Waals surface area contributed by atoms with Crippen molar-refractivity contribution in [3.05, 3.63) is 42.5 Å². The lowest BCUT2D eigenvalue weighted by atomic mass is 10.0. The molecule has 1 saturated heterocycles. The summed E-state index contributed by atoms with van der Waals surface area (Å²) in [5, 5.41) is 9.64. The number of rotatable bonds is 2. The first-order valence-electron chi connectivity index (χ1n) is 7.73. The molecule has 0 saturated carbocycles. The summed E-state index contributed by atoms with van der Waals surface area (Å²) >= 11 is 0. The molecule has 4 rings (SSSR count). The topological polar surface area (TPSA) is 41.9 Å². The molecule has 0 amide bonds. The van der Waals surface area contributed by atoms with Gasteiger partial charge in [0, 0.05) is 18.8 Å². The van der Waals surface area contributed by atoms with E-state index in [1.165, 1.54) is 11.3 Å². The van der Waals surface area contributed by atoms with Crippen LogP contribution >= 0.6 is 0 Å². The van der Waals surface area contributed by atoms with E-state index >= 15 is 0 Å². The van der Waals surface area contributed by atoms with Gasteiger partial charge in [0.25, 0.3) is 0 Å². The minimum atomic E-state index is -0.145. The highest BCUT2D eigenvalue weighted by Crippen LogP contribution is 2.36. The first-order chi connectivity index (χ1) is 10.8. The molecule has 1 N–H and O–H groups in total. The highest BCUT2D eigenvalue weighted by Gasteiger charge is 2.18. The van der Waals surface area contributed by atoms with Crippen molar-refractivity contribution in [2.75, 3.05) is 24.8 Å². The molecule has 22 heavy (non-hydrogen) atoms. The molecule has 1 fully saturated rings. The van der Waals surface area contributed by atoms with Crippen molar-refractivity contribution in [2.45, 2.75) is 18.9 Å². The molecule has 4 nitrogen and oxygen atoms in total. The van der Waals surface area contributed by atoms with Crippen molar-refractivity contribution < 1.29 is 14.6 Å². The predicted molar refractivity (Wildman–Crippen MR) is 85.5 cm³/mol. The van der Waals surface area contributed by atoms with Crippen LogP contribution in [0.1, 0.15) is 12.8 Å². The molecule has 2 heterocycles. The Morgan fingerprint density at radius 2 is 1.68 bits per heavy atom. The van der Waals surface area contributed by atoms with Crippen molar-refractivity contribution in [3.63, 3.8) is 0 Å². The van der Waals surface area contributed by atoms with Crippen molar-refractivity contribution in [3.8, 4) is 22.6 Å². The standard InChI is InChI=1S/C18H19NO3/c20-16-6-8-19(9-7-16)15-3-1-2-13(10-15)14-4-5-17-18(11-14)22-12-21-17/h1-5,10-11,16,20H,6-9,12H2. The first-order valence-corrected chi connectivity index (χ1v) is 7.73. The molecule has 2 aliphatic heterocycles. The normalized spacial score (nSPS) is 17.8. The van der Waals surface area contributed by atoms with Crippen LogP contribution in [0.5, 0.6) is 11.5 Å². The molecule has 0 bridgehead atoms. The Balaban J connectivity index is 1.61. The second-order valence-corrected chi connectivity index (χ2v) is 5.84. The second kappa shape index (κ2) is 5.54. The van der Waals surface area contributed by atoms with Crippen molar-refractivity contribution in [1.29, 1.82) is 0 Å². The Hall–Kier alpha value is -2.20. The number of aliphatic hydroxyl groups is 1. The van der Waals surface area contributed by atoms with Crippen LogP contribution in [0.3, 0.4) is 0 Å². The molecule has 4 heteroatoms. The molecule has 2 aromatic rings. The van der Waals surface area contributed by atoms with Crippen LogP contribution in [-0.2, 0) is 0 Å². The lowest BCUT2D eigenvalue weighted by Gasteiger charge is -2.31. The molecule has 114 valence electrons. The molecule has 0 aliphatic carbocycles. The molecule has 0 atom stereocenters. The Morgan fingerprint density at radius 1 is 0.909 bits per heavy atom. The summed E-state index contributed by atoms with van der Waals surface area (Å²) in [6, 6.07) is 14.6. The largest absolute Gasteiger partial charge is 0.454 e. The summed E-state index contributed by atoms with van der Waals surface area (Å²) in [5.74, 6) is 1.62. The summed E-state index contributed by atoms with van der Waals surface area (Å²) in [7, 11) is 0. The third-order valence-corrected chi connectivity index (χ3v) is 4.38. The fourth-order valence-corrected chi connectivity index (χ4v) is 3.08. The number of hydrogen-bond donors (Lipinski definition) is 1. The number of benzene rings is 2. The van der Waals surface area contributed by atoms with Crippen LogP contribution in [0.15, 0.2) is 42.5 Å². The average Bonchev–Trinajstić information content (AvgIpc) is 3.03. The molecular weight excluding hydrogens is 278 g/mol. The monoisotopic (exact) mass is 297 g/mol. The lowest BCUT2D eigenvalue weighted by molar-refractivity contribution is 0.145. The van der Waals surface area contributed by atoms with Gasteiger partial charge in [-0.3, -0.25) is 0 Å². The zero-order chi connectivity index (χ0) is 14.9. The fourth-order valence-electron chi connectivity index (χ4n) is 3.08. The molecule has 0 radical (unpaired) electrons. The van der Waals surface area contributed by atoms with Crippen molar-refractivity contribution >= 4 is 5.69 Å². The van der Waals surface area contributed by atoms with Crippen molar-refractivity contribution in [1.82, 2.24) is 0 Å². The minimum absolute atomic E-state index is 0.145. The molecule has 2 aliphatic rings. The van der Waals surface area contributed by atoms with E-state index in [0.717, 1.165) is 43.0 Å². The SMILES string of the molecule is OC1CCN(c2cccc(-c3ccc4c(c3)OCO4)c2)CC1. The molecule has 0 spiro atoms. The van der Waals surface area contributed by atoms with Crippen LogP contribution in [0, 0.1) is 0 Å². The number of ether oxygens (including phenoxy) is 2. The van der Waals surface area contributed by atoms with Gasteiger partial charge in [-0.25, -0.2) is 0 Å².